The van der Waals surface area contributed by atoms with Gasteiger partial charge in [0.15, 0.2) is 0 Å². The Balaban J connectivity index is 2.07. The number of hydrogen-bond donors (Lipinski definition) is 0. The van der Waals surface area contributed by atoms with Crippen LogP contribution < -0.4 is 0 Å². The van der Waals surface area contributed by atoms with E-state index in [1.54, 1.807) is 18.2 Å². The van der Waals surface area contributed by atoms with Gasteiger partial charge in [-0.1, -0.05) is 36.4 Å². The summed E-state index contributed by atoms with van der Waals surface area (Å²) in [6.45, 7) is 1.81. The van der Waals surface area contributed by atoms with Crippen LogP contribution in [0, 0.1) is 11.3 Å². The van der Waals surface area contributed by atoms with Crippen LogP contribution in [0.1, 0.15) is 44.8 Å². The van der Waals surface area contributed by atoms with Gasteiger partial charge >= 0.3 is 0 Å². The smallest absolute Gasteiger partial charge is 0.263 e. The Labute approximate surface area is 122 Å². The topological polar surface area (TPSA) is 61.2 Å². The molecule has 0 saturated heterocycles. The molecular weight excluding hydrogens is 264 g/mol. The minimum absolute atomic E-state index is 0.216. The van der Waals surface area contributed by atoms with Crippen LogP contribution in [-0.2, 0) is 0 Å². The third-order valence-electron chi connectivity index (χ3n) is 3.74. The van der Waals surface area contributed by atoms with E-state index >= 15 is 0 Å². The van der Waals surface area contributed by atoms with Gasteiger partial charge < -0.3 is 0 Å². The summed E-state index contributed by atoms with van der Waals surface area (Å²) in [5.74, 6) is -0.744. The fourth-order valence-corrected chi connectivity index (χ4v) is 2.63. The fourth-order valence-electron chi connectivity index (χ4n) is 2.63. The van der Waals surface area contributed by atoms with Crippen molar-refractivity contribution in [1.29, 1.82) is 5.26 Å². The van der Waals surface area contributed by atoms with Crippen LogP contribution in [0.5, 0.6) is 0 Å². The first-order chi connectivity index (χ1) is 10.1. The van der Waals surface area contributed by atoms with E-state index in [1.807, 2.05) is 43.3 Å². The van der Waals surface area contributed by atoms with Gasteiger partial charge in [0.1, 0.15) is 0 Å². The second-order valence-electron chi connectivity index (χ2n) is 4.91. The summed E-state index contributed by atoms with van der Waals surface area (Å²) in [6.07, 6.45) is 0. The number of nitriles is 1. The number of nitrogens with zero attached hydrogens (tertiary/aromatic N) is 2. The first kappa shape index (κ1) is 13.1. The normalized spacial score (nSPS) is 14.8. The van der Waals surface area contributed by atoms with Crippen LogP contribution in [0.3, 0.4) is 0 Å². The van der Waals surface area contributed by atoms with Crippen LogP contribution in [0.4, 0.5) is 0 Å². The minimum Gasteiger partial charge on any atom is -0.269 e. The number of amides is 2. The molecule has 21 heavy (non-hydrogen) atoms. The van der Waals surface area contributed by atoms with Crippen LogP contribution >= 0.6 is 0 Å². The third-order valence-corrected chi connectivity index (χ3v) is 3.74. The molecule has 102 valence electrons. The Morgan fingerprint density at radius 2 is 1.71 bits per heavy atom. The Kier molecular flexibility index (Phi) is 3.03. The molecule has 2 aromatic rings. The lowest BCUT2D eigenvalue weighted by Crippen LogP contribution is -2.32. The van der Waals surface area contributed by atoms with E-state index in [0.717, 1.165) is 5.56 Å². The van der Waals surface area contributed by atoms with Crippen LogP contribution in [0.15, 0.2) is 48.5 Å². The van der Waals surface area contributed by atoms with E-state index in [0.29, 0.717) is 5.56 Å². The zero-order valence-electron chi connectivity index (χ0n) is 11.4. The summed E-state index contributed by atoms with van der Waals surface area (Å²) >= 11 is 0. The van der Waals surface area contributed by atoms with Crippen molar-refractivity contribution < 1.29 is 9.59 Å². The molecule has 1 heterocycles. The predicted octanol–water partition coefficient (Wildman–Crippen LogP) is 2.92. The number of fused-ring (bicyclic) bond motifs is 1. The molecular formula is C17H12N2O2. The Morgan fingerprint density at radius 1 is 1.00 bits per heavy atom. The lowest BCUT2D eigenvalue weighted by molar-refractivity contribution is 0.0595. The number of carbonyl (C=O) groups is 2. The molecule has 0 aliphatic carbocycles. The average molecular weight is 276 g/mol. The molecule has 3 rings (SSSR count). The van der Waals surface area contributed by atoms with Crippen LogP contribution in [-0.4, -0.2) is 16.7 Å². The van der Waals surface area contributed by atoms with Gasteiger partial charge in [-0.25, -0.2) is 0 Å². The van der Waals surface area contributed by atoms with E-state index in [-0.39, 0.29) is 23.1 Å². The van der Waals surface area contributed by atoms with Crippen molar-refractivity contribution in [3.8, 4) is 6.07 Å². The second kappa shape index (κ2) is 4.88. The summed E-state index contributed by atoms with van der Waals surface area (Å²) in [4.78, 5) is 26.3. The molecule has 0 aromatic heterocycles. The molecule has 2 aromatic carbocycles. The van der Waals surface area contributed by atoms with Gasteiger partial charge in [0.05, 0.1) is 28.8 Å². The highest BCUT2D eigenvalue weighted by molar-refractivity contribution is 6.22. The van der Waals surface area contributed by atoms with Crippen LogP contribution in [0.2, 0.25) is 0 Å². The van der Waals surface area contributed by atoms with Gasteiger partial charge in [-0.05, 0) is 24.6 Å². The minimum atomic E-state index is -0.400. The van der Waals surface area contributed by atoms with Gasteiger partial charge in [0, 0.05) is 0 Å². The summed E-state index contributed by atoms with van der Waals surface area (Å²) in [5.41, 5.74) is 1.65. The van der Waals surface area contributed by atoms with Crippen molar-refractivity contribution in [2.24, 2.45) is 0 Å². The monoisotopic (exact) mass is 276 g/mol. The number of rotatable bonds is 2. The van der Waals surface area contributed by atoms with Gasteiger partial charge in [-0.15, -0.1) is 0 Å². The molecule has 2 amide bonds. The first-order valence-corrected chi connectivity index (χ1v) is 6.61. The molecule has 1 aliphatic heterocycles. The summed E-state index contributed by atoms with van der Waals surface area (Å²) in [5, 5.41) is 9.12. The molecule has 0 bridgehead atoms. The van der Waals surface area contributed by atoms with Gasteiger partial charge in [-0.2, -0.15) is 5.26 Å². The lowest BCUT2D eigenvalue weighted by atomic mass is 10.0. The van der Waals surface area contributed by atoms with Gasteiger partial charge in [0.25, 0.3) is 11.8 Å². The van der Waals surface area contributed by atoms with Gasteiger partial charge in [-0.3, -0.25) is 14.5 Å². The van der Waals surface area contributed by atoms with Gasteiger partial charge in [0.2, 0.25) is 0 Å². The Morgan fingerprint density at radius 3 is 2.38 bits per heavy atom. The molecule has 1 unspecified atom stereocenters. The summed E-state index contributed by atoms with van der Waals surface area (Å²) in [7, 11) is 0. The number of carbonyl (C=O) groups excluding carboxylic acids is 2. The highest BCUT2D eigenvalue weighted by atomic mass is 16.2. The fraction of sp³-hybridized carbons (Fsp3) is 0.118. The summed E-state index contributed by atoms with van der Waals surface area (Å²) in [6, 6.07) is 15.7. The first-order valence-electron chi connectivity index (χ1n) is 6.61. The zero-order chi connectivity index (χ0) is 15.0. The third kappa shape index (κ3) is 1.91. The molecule has 0 fully saturated rings. The highest BCUT2D eigenvalue weighted by Crippen LogP contribution is 2.32. The van der Waals surface area contributed by atoms with Crippen molar-refractivity contribution >= 4 is 11.8 Å². The van der Waals surface area contributed by atoms with Crippen molar-refractivity contribution in [3.63, 3.8) is 0 Å². The van der Waals surface area contributed by atoms with Crippen molar-refractivity contribution in [1.82, 2.24) is 4.90 Å². The summed E-state index contributed by atoms with van der Waals surface area (Å²) < 4.78 is 0. The lowest BCUT2D eigenvalue weighted by Gasteiger charge is -2.22. The van der Waals surface area contributed by atoms with E-state index in [2.05, 4.69) is 0 Å². The highest BCUT2D eigenvalue weighted by Gasteiger charge is 2.40. The van der Waals surface area contributed by atoms with Crippen molar-refractivity contribution in [2.75, 3.05) is 0 Å². The average Bonchev–Trinajstić information content (AvgIpc) is 2.79. The maximum Gasteiger partial charge on any atom is 0.263 e. The van der Waals surface area contributed by atoms with E-state index in [9.17, 15) is 9.59 Å². The molecule has 1 atom stereocenters. The molecule has 1 aliphatic rings. The molecule has 0 N–H and O–H groups in total. The Bertz CT molecular complexity index is 775. The zero-order valence-corrected chi connectivity index (χ0v) is 11.4. The molecule has 4 nitrogen and oxygen atoms in total. The maximum absolute atomic E-state index is 12.6. The quantitative estimate of drug-likeness (QED) is 0.792. The van der Waals surface area contributed by atoms with Crippen molar-refractivity contribution in [3.05, 3.63) is 70.8 Å². The standard InChI is InChI=1S/C17H12N2O2/c1-11(12-6-3-2-4-7-12)19-16(20)14-9-5-8-13(10-18)15(14)17(19)21/h2-9,11H,1H3. The SMILES string of the molecule is CC(c1ccccc1)N1C(=O)c2cccc(C#N)c2C1=O. The van der Waals surface area contributed by atoms with E-state index < -0.39 is 5.91 Å². The predicted molar refractivity (Wildman–Crippen MR) is 76.5 cm³/mol. The number of benzene rings is 2. The van der Waals surface area contributed by atoms with E-state index in [4.69, 9.17) is 5.26 Å². The maximum atomic E-state index is 12.6. The largest absolute Gasteiger partial charge is 0.269 e. The Hall–Kier alpha value is -2.93. The second-order valence-corrected chi connectivity index (χ2v) is 4.91. The number of hydrogen-bond acceptors (Lipinski definition) is 3. The number of imide groups is 1. The molecule has 0 saturated carbocycles. The molecule has 0 spiro atoms. The molecule has 0 radical (unpaired) electrons. The van der Waals surface area contributed by atoms with E-state index in [1.165, 1.54) is 4.90 Å². The van der Waals surface area contributed by atoms with Crippen LogP contribution in [0.25, 0.3) is 0 Å². The molecule has 4 heteroatoms. The van der Waals surface area contributed by atoms with Crippen molar-refractivity contribution in [2.45, 2.75) is 13.0 Å².